The van der Waals surface area contributed by atoms with E-state index >= 15 is 0 Å². The predicted octanol–water partition coefficient (Wildman–Crippen LogP) is 2.44. The van der Waals surface area contributed by atoms with E-state index in [1.54, 1.807) is 7.11 Å². The van der Waals surface area contributed by atoms with Gasteiger partial charge in [-0.15, -0.1) is 0 Å². The molecule has 1 atom stereocenters. The van der Waals surface area contributed by atoms with Crippen LogP contribution < -0.4 is 10.2 Å². The van der Waals surface area contributed by atoms with Crippen molar-refractivity contribution in [1.82, 2.24) is 5.32 Å². The number of methoxy groups -OCH3 is 1. The molecule has 0 unspecified atom stereocenters. The number of hydrogen-bond donors (Lipinski definition) is 1. The van der Waals surface area contributed by atoms with Gasteiger partial charge < -0.3 is 15.0 Å². The fourth-order valence-corrected chi connectivity index (χ4v) is 2.57. The lowest BCUT2D eigenvalue weighted by Crippen LogP contribution is -2.35. The maximum atomic E-state index is 12.0. The number of piperidine rings is 1. The summed E-state index contributed by atoms with van der Waals surface area (Å²) in [5, 5.41) is 2.92. The Bertz CT molecular complexity index is 425. The molecule has 0 saturated carbocycles. The first-order chi connectivity index (χ1) is 9.70. The van der Waals surface area contributed by atoms with Crippen molar-refractivity contribution in [2.45, 2.75) is 32.2 Å². The van der Waals surface area contributed by atoms with Gasteiger partial charge in [0.15, 0.2) is 0 Å². The van der Waals surface area contributed by atoms with Crippen molar-refractivity contribution in [3.63, 3.8) is 0 Å². The average molecular weight is 276 g/mol. The highest BCUT2D eigenvalue weighted by Gasteiger charge is 2.13. The Kier molecular flexibility index (Phi) is 5.41. The van der Waals surface area contributed by atoms with E-state index in [2.05, 4.69) is 10.2 Å². The Hall–Kier alpha value is -1.55. The van der Waals surface area contributed by atoms with E-state index in [4.69, 9.17) is 4.74 Å². The normalized spacial score (nSPS) is 16.8. The van der Waals surface area contributed by atoms with Crippen LogP contribution in [0.3, 0.4) is 0 Å². The van der Waals surface area contributed by atoms with Gasteiger partial charge in [0.1, 0.15) is 0 Å². The number of carbonyl (C=O) groups is 1. The van der Waals surface area contributed by atoms with Gasteiger partial charge in [-0.05, 0) is 50.5 Å². The number of nitrogens with zero attached hydrogens (tertiary/aromatic N) is 1. The van der Waals surface area contributed by atoms with E-state index in [1.165, 1.54) is 24.9 Å². The SMILES string of the molecule is COC[C@@H](C)NC(=O)c1ccc(N2CCCCC2)cc1. The lowest BCUT2D eigenvalue weighted by Gasteiger charge is -2.28. The fourth-order valence-electron chi connectivity index (χ4n) is 2.57. The molecule has 0 aromatic heterocycles. The van der Waals surface area contributed by atoms with Crippen molar-refractivity contribution in [1.29, 1.82) is 0 Å². The van der Waals surface area contributed by atoms with Gasteiger partial charge >= 0.3 is 0 Å². The van der Waals surface area contributed by atoms with Crippen LogP contribution in [0.4, 0.5) is 5.69 Å². The smallest absolute Gasteiger partial charge is 0.251 e. The lowest BCUT2D eigenvalue weighted by atomic mass is 10.1. The Balaban J connectivity index is 1.95. The van der Waals surface area contributed by atoms with Gasteiger partial charge in [0, 0.05) is 37.5 Å². The maximum absolute atomic E-state index is 12.0. The van der Waals surface area contributed by atoms with Crippen LogP contribution in [0.2, 0.25) is 0 Å². The molecule has 20 heavy (non-hydrogen) atoms. The molecule has 4 heteroatoms. The van der Waals surface area contributed by atoms with E-state index in [-0.39, 0.29) is 11.9 Å². The summed E-state index contributed by atoms with van der Waals surface area (Å²) in [7, 11) is 1.63. The predicted molar refractivity (Wildman–Crippen MR) is 81.3 cm³/mol. The number of hydrogen-bond acceptors (Lipinski definition) is 3. The van der Waals surface area contributed by atoms with Gasteiger partial charge in [-0.2, -0.15) is 0 Å². The van der Waals surface area contributed by atoms with Crippen LogP contribution in [0, 0.1) is 0 Å². The van der Waals surface area contributed by atoms with Gasteiger partial charge in [0.25, 0.3) is 5.91 Å². The molecule has 110 valence electrons. The van der Waals surface area contributed by atoms with Gasteiger partial charge in [-0.25, -0.2) is 0 Å². The van der Waals surface area contributed by atoms with E-state index in [1.807, 2.05) is 31.2 Å². The highest BCUT2D eigenvalue weighted by Crippen LogP contribution is 2.20. The van der Waals surface area contributed by atoms with Gasteiger partial charge in [0.05, 0.1) is 6.61 Å². The van der Waals surface area contributed by atoms with Crippen LogP contribution in [-0.2, 0) is 4.74 Å². The highest BCUT2D eigenvalue weighted by atomic mass is 16.5. The molecular formula is C16H24N2O2. The number of ether oxygens (including phenoxy) is 1. The van der Waals surface area contributed by atoms with Crippen molar-refractivity contribution in [2.24, 2.45) is 0 Å². The third-order valence-electron chi connectivity index (χ3n) is 3.64. The monoisotopic (exact) mass is 276 g/mol. The van der Waals surface area contributed by atoms with E-state index < -0.39 is 0 Å². The average Bonchev–Trinajstić information content (AvgIpc) is 2.48. The van der Waals surface area contributed by atoms with Crippen LogP contribution >= 0.6 is 0 Å². The van der Waals surface area contributed by atoms with Crippen LogP contribution in [0.5, 0.6) is 0 Å². The molecule has 1 aliphatic heterocycles. The lowest BCUT2D eigenvalue weighted by molar-refractivity contribution is 0.0905. The van der Waals surface area contributed by atoms with E-state index in [0.29, 0.717) is 12.2 Å². The maximum Gasteiger partial charge on any atom is 0.251 e. The topological polar surface area (TPSA) is 41.6 Å². The summed E-state index contributed by atoms with van der Waals surface area (Å²) in [6.45, 7) is 4.70. The zero-order chi connectivity index (χ0) is 14.4. The summed E-state index contributed by atoms with van der Waals surface area (Å²) >= 11 is 0. The molecule has 2 rings (SSSR count). The summed E-state index contributed by atoms with van der Waals surface area (Å²) in [5.41, 5.74) is 1.92. The second-order valence-corrected chi connectivity index (χ2v) is 5.42. The molecule has 0 radical (unpaired) electrons. The molecule has 0 bridgehead atoms. The molecule has 1 N–H and O–H groups in total. The molecule has 1 amide bonds. The number of carbonyl (C=O) groups excluding carboxylic acids is 1. The first kappa shape index (κ1) is 14.9. The van der Waals surface area contributed by atoms with Crippen LogP contribution in [-0.4, -0.2) is 38.8 Å². The van der Waals surface area contributed by atoms with Crippen LogP contribution in [0.25, 0.3) is 0 Å². The standard InChI is InChI=1S/C16H24N2O2/c1-13(12-20-2)17-16(19)14-6-8-15(9-7-14)18-10-4-3-5-11-18/h6-9,13H,3-5,10-12H2,1-2H3,(H,17,19)/t13-/m1/s1. The van der Waals surface area contributed by atoms with Crippen molar-refractivity contribution in [3.8, 4) is 0 Å². The molecule has 1 aromatic rings. The van der Waals surface area contributed by atoms with Gasteiger partial charge in [-0.3, -0.25) is 4.79 Å². The number of anilines is 1. The quantitative estimate of drug-likeness (QED) is 0.898. The Labute approximate surface area is 121 Å². The molecule has 1 aromatic carbocycles. The van der Waals surface area contributed by atoms with E-state index in [0.717, 1.165) is 13.1 Å². The van der Waals surface area contributed by atoms with E-state index in [9.17, 15) is 4.79 Å². The van der Waals surface area contributed by atoms with Gasteiger partial charge in [-0.1, -0.05) is 0 Å². The Morgan fingerprint density at radius 2 is 1.90 bits per heavy atom. The first-order valence-electron chi connectivity index (χ1n) is 7.35. The zero-order valence-electron chi connectivity index (χ0n) is 12.4. The fraction of sp³-hybridized carbons (Fsp3) is 0.562. The first-order valence-corrected chi connectivity index (χ1v) is 7.35. The van der Waals surface area contributed by atoms with Gasteiger partial charge in [0.2, 0.25) is 0 Å². The molecule has 1 heterocycles. The molecule has 1 saturated heterocycles. The molecule has 1 fully saturated rings. The molecule has 1 aliphatic rings. The second kappa shape index (κ2) is 7.29. The molecule has 0 aliphatic carbocycles. The molecular weight excluding hydrogens is 252 g/mol. The largest absolute Gasteiger partial charge is 0.383 e. The van der Waals surface area contributed by atoms with Crippen molar-refractivity contribution in [3.05, 3.63) is 29.8 Å². The summed E-state index contributed by atoms with van der Waals surface area (Å²) in [5.74, 6) is -0.0419. The summed E-state index contributed by atoms with van der Waals surface area (Å²) in [4.78, 5) is 14.4. The molecule has 0 spiro atoms. The van der Waals surface area contributed by atoms with Crippen molar-refractivity contribution < 1.29 is 9.53 Å². The van der Waals surface area contributed by atoms with Crippen LogP contribution in [0.1, 0.15) is 36.5 Å². The number of benzene rings is 1. The number of rotatable bonds is 5. The highest BCUT2D eigenvalue weighted by molar-refractivity contribution is 5.94. The number of amides is 1. The van der Waals surface area contributed by atoms with Crippen molar-refractivity contribution >= 4 is 11.6 Å². The minimum absolute atomic E-state index is 0.0225. The Morgan fingerprint density at radius 3 is 2.50 bits per heavy atom. The minimum atomic E-state index is -0.0419. The summed E-state index contributed by atoms with van der Waals surface area (Å²) in [6, 6.07) is 7.91. The third-order valence-corrected chi connectivity index (χ3v) is 3.64. The Morgan fingerprint density at radius 1 is 1.25 bits per heavy atom. The zero-order valence-corrected chi connectivity index (χ0v) is 12.4. The third kappa shape index (κ3) is 3.97. The van der Waals surface area contributed by atoms with Crippen LogP contribution in [0.15, 0.2) is 24.3 Å². The summed E-state index contributed by atoms with van der Waals surface area (Å²) in [6.07, 6.45) is 3.85. The minimum Gasteiger partial charge on any atom is -0.383 e. The number of nitrogens with one attached hydrogen (secondary N) is 1. The van der Waals surface area contributed by atoms with Crippen molar-refractivity contribution in [2.75, 3.05) is 31.7 Å². The second-order valence-electron chi connectivity index (χ2n) is 5.42. The molecule has 4 nitrogen and oxygen atoms in total. The summed E-state index contributed by atoms with van der Waals surface area (Å²) < 4.78 is 5.02.